The van der Waals surface area contributed by atoms with E-state index in [0.717, 1.165) is 38.0 Å². The molecule has 0 atom stereocenters. The summed E-state index contributed by atoms with van der Waals surface area (Å²) in [6.45, 7) is 3.38. The third kappa shape index (κ3) is 5.55. The first-order valence-electron chi connectivity index (χ1n) is 8.65. The first kappa shape index (κ1) is 17.4. The number of aliphatic hydroxyl groups excluding tert-OH is 1. The van der Waals surface area contributed by atoms with Crippen LogP contribution in [0.25, 0.3) is 0 Å². The Labute approximate surface area is 148 Å². The summed E-state index contributed by atoms with van der Waals surface area (Å²) in [4.78, 5) is 10.9. The molecule has 0 spiro atoms. The molecule has 1 fully saturated rings. The van der Waals surface area contributed by atoms with Crippen LogP contribution in [-0.2, 0) is 13.1 Å². The van der Waals surface area contributed by atoms with Gasteiger partial charge in [-0.1, -0.05) is 30.3 Å². The van der Waals surface area contributed by atoms with Gasteiger partial charge in [-0.05, 0) is 36.1 Å². The maximum absolute atomic E-state index is 9.57. The van der Waals surface area contributed by atoms with Crippen molar-refractivity contribution < 1.29 is 5.11 Å². The summed E-state index contributed by atoms with van der Waals surface area (Å²) in [5.74, 6) is 1.04. The number of nitrogens with two attached hydrogens (primary N) is 1. The van der Waals surface area contributed by atoms with Gasteiger partial charge in [0.2, 0.25) is 0 Å². The summed E-state index contributed by atoms with van der Waals surface area (Å²) in [5.41, 5.74) is 8.29. The van der Waals surface area contributed by atoms with E-state index in [1.54, 1.807) is 6.20 Å². The average molecular weight is 339 g/mol. The molecule has 6 nitrogen and oxygen atoms in total. The van der Waals surface area contributed by atoms with Crippen molar-refractivity contribution >= 4 is 11.8 Å². The minimum absolute atomic E-state index is 0.123. The Balaban J connectivity index is 1.49. The number of aliphatic hydroxyl groups is 1. The molecule has 0 bridgehead atoms. The minimum atomic E-state index is -0.123. The van der Waals surface area contributed by atoms with E-state index < -0.39 is 0 Å². The maximum Gasteiger partial charge on any atom is 0.194 e. The van der Waals surface area contributed by atoms with Crippen molar-refractivity contribution in [3.63, 3.8) is 0 Å². The van der Waals surface area contributed by atoms with E-state index in [9.17, 15) is 5.11 Å². The van der Waals surface area contributed by atoms with E-state index in [0.29, 0.717) is 18.3 Å². The quantitative estimate of drug-likeness (QED) is 0.573. The zero-order valence-electron chi connectivity index (χ0n) is 14.3. The highest BCUT2D eigenvalue weighted by atomic mass is 16.3. The molecule has 1 aromatic heterocycles. The smallest absolute Gasteiger partial charge is 0.194 e. The van der Waals surface area contributed by atoms with Crippen molar-refractivity contribution in [3.8, 4) is 0 Å². The fraction of sp³-hybridized carbons (Fsp3) is 0.368. The van der Waals surface area contributed by atoms with Crippen LogP contribution < -0.4 is 11.1 Å². The first-order valence-corrected chi connectivity index (χ1v) is 8.65. The van der Waals surface area contributed by atoms with Crippen molar-refractivity contribution in [3.05, 3.63) is 59.8 Å². The molecule has 25 heavy (non-hydrogen) atoms. The third-order valence-corrected chi connectivity index (χ3v) is 4.34. The van der Waals surface area contributed by atoms with Gasteiger partial charge in [0.1, 0.15) is 5.82 Å². The molecule has 0 radical (unpaired) electrons. The zero-order valence-corrected chi connectivity index (χ0v) is 14.3. The van der Waals surface area contributed by atoms with E-state index >= 15 is 0 Å². The molecule has 1 aliphatic rings. The molecular formula is C19H25N5O. The second-order valence-corrected chi connectivity index (χ2v) is 6.37. The van der Waals surface area contributed by atoms with Crippen LogP contribution in [0.1, 0.15) is 24.0 Å². The van der Waals surface area contributed by atoms with Gasteiger partial charge in [-0.3, -0.25) is 4.90 Å². The molecule has 0 aliphatic carbocycles. The van der Waals surface area contributed by atoms with Gasteiger partial charge < -0.3 is 16.2 Å². The zero-order chi connectivity index (χ0) is 17.5. The van der Waals surface area contributed by atoms with Crippen LogP contribution in [0.3, 0.4) is 0 Å². The van der Waals surface area contributed by atoms with Gasteiger partial charge in [-0.15, -0.1) is 0 Å². The highest BCUT2D eigenvalue weighted by Crippen LogP contribution is 2.14. The highest BCUT2D eigenvalue weighted by Gasteiger charge is 2.16. The molecule has 1 saturated heterocycles. The molecule has 0 unspecified atom stereocenters. The van der Waals surface area contributed by atoms with Gasteiger partial charge in [0, 0.05) is 25.8 Å². The van der Waals surface area contributed by atoms with Gasteiger partial charge >= 0.3 is 0 Å². The number of rotatable bonds is 5. The van der Waals surface area contributed by atoms with Crippen LogP contribution in [0.2, 0.25) is 0 Å². The fourth-order valence-electron chi connectivity index (χ4n) is 2.87. The number of hydrogen-bond acceptors (Lipinski definition) is 4. The Morgan fingerprint density at radius 3 is 2.56 bits per heavy atom. The topological polar surface area (TPSA) is 86.8 Å². The molecular weight excluding hydrogens is 314 g/mol. The summed E-state index contributed by atoms with van der Waals surface area (Å²) in [5, 5.41) is 12.5. The van der Waals surface area contributed by atoms with E-state index in [4.69, 9.17) is 5.73 Å². The van der Waals surface area contributed by atoms with Crippen molar-refractivity contribution in [1.29, 1.82) is 0 Å². The summed E-state index contributed by atoms with van der Waals surface area (Å²) in [6.07, 6.45) is 3.32. The molecule has 0 amide bonds. The van der Waals surface area contributed by atoms with Gasteiger partial charge in [-0.2, -0.15) is 0 Å². The van der Waals surface area contributed by atoms with Crippen molar-refractivity contribution in [1.82, 2.24) is 9.88 Å². The maximum atomic E-state index is 9.57. The normalized spacial score (nSPS) is 16.8. The molecule has 4 N–H and O–H groups in total. The second-order valence-electron chi connectivity index (χ2n) is 6.37. The molecule has 3 rings (SSSR count). The van der Waals surface area contributed by atoms with Crippen LogP contribution in [0.4, 0.5) is 5.82 Å². The molecule has 0 saturated carbocycles. The van der Waals surface area contributed by atoms with Crippen LogP contribution in [0.5, 0.6) is 0 Å². The van der Waals surface area contributed by atoms with Gasteiger partial charge in [0.05, 0.1) is 12.6 Å². The van der Waals surface area contributed by atoms with Crippen molar-refractivity contribution in [2.75, 3.05) is 18.4 Å². The molecule has 6 heteroatoms. The highest BCUT2D eigenvalue weighted by molar-refractivity contribution is 5.91. The third-order valence-electron chi connectivity index (χ3n) is 4.34. The fourth-order valence-corrected chi connectivity index (χ4v) is 2.87. The summed E-state index contributed by atoms with van der Waals surface area (Å²) in [6, 6.07) is 14.0. The largest absolute Gasteiger partial charge is 0.393 e. The minimum Gasteiger partial charge on any atom is -0.393 e. The van der Waals surface area contributed by atoms with E-state index in [1.165, 1.54) is 5.56 Å². The summed E-state index contributed by atoms with van der Waals surface area (Å²) in [7, 11) is 0. The van der Waals surface area contributed by atoms with E-state index in [2.05, 4.69) is 44.5 Å². The lowest BCUT2D eigenvalue weighted by Crippen LogP contribution is -2.35. The predicted molar refractivity (Wildman–Crippen MR) is 100 cm³/mol. The number of nitrogens with one attached hydrogen (secondary N) is 1. The van der Waals surface area contributed by atoms with E-state index in [-0.39, 0.29) is 6.10 Å². The molecule has 1 aliphatic heterocycles. The summed E-state index contributed by atoms with van der Waals surface area (Å²) >= 11 is 0. The molecule has 132 valence electrons. The standard InChI is InChI=1S/C19H25N5O/c20-19(23-18-3-1-2-10-21-18)22-13-15-4-6-16(7-5-15)14-24-11-8-17(25)9-12-24/h1-7,10,17,25H,8-9,11-14H2,(H3,20,21,22,23). The number of anilines is 1. The Hall–Kier alpha value is -2.44. The Morgan fingerprint density at radius 1 is 1.16 bits per heavy atom. The number of guanidine groups is 1. The van der Waals surface area contributed by atoms with E-state index in [1.807, 2.05) is 18.2 Å². The van der Waals surface area contributed by atoms with Gasteiger partial charge in [-0.25, -0.2) is 9.98 Å². The number of piperidine rings is 1. The number of nitrogens with zero attached hydrogens (tertiary/aromatic N) is 3. The lowest BCUT2D eigenvalue weighted by atomic mass is 10.1. The molecule has 2 aromatic rings. The predicted octanol–water partition coefficient (Wildman–Crippen LogP) is 1.97. The number of aromatic nitrogens is 1. The number of pyridine rings is 1. The first-order chi connectivity index (χ1) is 12.2. The Morgan fingerprint density at radius 2 is 1.88 bits per heavy atom. The van der Waals surface area contributed by atoms with Crippen LogP contribution in [0.15, 0.2) is 53.7 Å². The molecule has 1 aromatic carbocycles. The number of hydrogen-bond donors (Lipinski definition) is 3. The number of likely N-dealkylation sites (tertiary alicyclic amines) is 1. The lowest BCUT2D eigenvalue weighted by Gasteiger charge is -2.29. The summed E-state index contributed by atoms with van der Waals surface area (Å²) < 4.78 is 0. The van der Waals surface area contributed by atoms with Gasteiger partial charge in [0.15, 0.2) is 5.96 Å². The molecule has 2 heterocycles. The number of benzene rings is 1. The SMILES string of the molecule is NC(=NCc1ccc(CN2CCC(O)CC2)cc1)Nc1ccccn1. The van der Waals surface area contributed by atoms with Crippen LogP contribution in [-0.4, -0.2) is 40.1 Å². The Kier molecular flexibility index (Phi) is 5.98. The van der Waals surface area contributed by atoms with Crippen LogP contribution in [0, 0.1) is 0 Å². The van der Waals surface area contributed by atoms with Crippen LogP contribution >= 0.6 is 0 Å². The van der Waals surface area contributed by atoms with Crippen molar-refractivity contribution in [2.24, 2.45) is 10.7 Å². The lowest BCUT2D eigenvalue weighted by molar-refractivity contribution is 0.0792. The van der Waals surface area contributed by atoms with Crippen molar-refractivity contribution in [2.45, 2.75) is 32.0 Å². The monoisotopic (exact) mass is 339 g/mol. The van der Waals surface area contributed by atoms with Gasteiger partial charge in [0.25, 0.3) is 0 Å². The average Bonchev–Trinajstić information content (AvgIpc) is 2.64. The second kappa shape index (κ2) is 8.60. The Bertz CT molecular complexity index is 679. The number of aliphatic imine (C=N–C) groups is 1.